The molecule has 6 heavy (non-hydrogen) atoms. The van der Waals surface area contributed by atoms with Gasteiger partial charge < -0.3 is 5.11 Å². The van der Waals surface area contributed by atoms with Crippen LogP contribution in [-0.4, -0.2) is 11.7 Å². The van der Waals surface area contributed by atoms with E-state index in [1.807, 2.05) is 6.92 Å². The van der Waals surface area contributed by atoms with Gasteiger partial charge in [0.05, 0.1) is 12.0 Å². The second-order valence-electron chi connectivity index (χ2n) is 1.23. The average Bonchev–Trinajstić information content (AvgIpc) is 1.35. The van der Waals surface area contributed by atoms with Crippen molar-refractivity contribution in [1.82, 2.24) is 0 Å². The van der Waals surface area contributed by atoms with Crippen molar-refractivity contribution in [1.29, 1.82) is 0 Å². The second kappa shape index (κ2) is 2.79. The van der Waals surface area contributed by atoms with Crippen LogP contribution in [0.4, 0.5) is 0 Å². The Balaban J connectivity index is 2.83. The molecule has 0 aromatic rings. The molecular formula is C5H9O+. The first-order valence-corrected chi connectivity index (χ1v) is 1.87. The van der Waals surface area contributed by atoms with Crippen molar-refractivity contribution in [2.45, 2.75) is 6.92 Å². The topological polar surface area (TPSA) is 20.2 Å². The highest BCUT2D eigenvalue weighted by molar-refractivity contribution is 5.02. The monoisotopic (exact) mass is 85.1 g/mol. The van der Waals surface area contributed by atoms with E-state index in [1.165, 1.54) is 0 Å². The first-order valence-electron chi connectivity index (χ1n) is 1.87. The normalized spacial score (nSPS) is 7.67. The van der Waals surface area contributed by atoms with Crippen LogP contribution in [0.15, 0.2) is 12.2 Å². The van der Waals surface area contributed by atoms with Crippen molar-refractivity contribution in [2.75, 3.05) is 6.61 Å². The first-order chi connectivity index (χ1) is 2.77. The van der Waals surface area contributed by atoms with Crippen LogP contribution in [-0.2, 0) is 0 Å². The highest BCUT2D eigenvalue weighted by atomic mass is 16.2. The molecular weight excluding hydrogens is 76.1 g/mol. The minimum absolute atomic E-state index is 0.106. The maximum atomic E-state index is 8.12. The van der Waals surface area contributed by atoms with Crippen LogP contribution < -0.4 is 0 Å². The van der Waals surface area contributed by atoms with Gasteiger partial charge in [0.2, 0.25) is 0 Å². The van der Waals surface area contributed by atoms with E-state index < -0.39 is 0 Å². The van der Waals surface area contributed by atoms with E-state index in [1.54, 1.807) is 6.42 Å². The lowest BCUT2D eigenvalue weighted by atomic mass is 10.3. The molecule has 34 valence electrons. The predicted octanol–water partition coefficient (Wildman–Crippen LogP) is 0.759. The molecule has 1 N–H and O–H groups in total. The minimum atomic E-state index is 0.106. The summed E-state index contributed by atoms with van der Waals surface area (Å²) in [6.07, 6.45) is 1.65. The molecule has 0 spiro atoms. The van der Waals surface area contributed by atoms with Gasteiger partial charge >= 0.3 is 0 Å². The van der Waals surface area contributed by atoms with E-state index in [4.69, 9.17) is 5.11 Å². The van der Waals surface area contributed by atoms with Crippen LogP contribution >= 0.6 is 0 Å². The third-order valence-electron chi connectivity index (χ3n) is 0.440. The van der Waals surface area contributed by atoms with Gasteiger partial charge in [-0.2, -0.15) is 0 Å². The summed E-state index contributed by atoms with van der Waals surface area (Å²) in [5, 5.41) is 8.12. The van der Waals surface area contributed by atoms with Crippen molar-refractivity contribution >= 4 is 0 Å². The Morgan fingerprint density at radius 2 is 2.50 bits per heavy atom. The predicted molar refractivity (Wildman–Crippen MR) is 26.2 cm³/mol. The van der Waals surface area contributed by atoms with Crippen LogP contribution in [0.3, 0.4) is 0 Å². The number of hydrogen-bond acceptors (Lipinski definition) is 1. The summed E-state index contributed by atoms with van der Waals surface area (Å²) in [6, 6.07) is 0. The lowest BCUT2D eigenvalue weighted by Crippen LogP contribution is -1.81. The van der Waals surface area contributed by atoms with Crippen molar-refractivity contribution in [3.63, 3.8) is 0 Å². The molecule has 0 aromatic carbocycles. The fourth-order valence-corrected chi connectivity index (χ4v) is 0.156. The summed E-state index contributed by atoms with van der Waals surface area (Å²) in [7, 11) is 0. The number of hydrogen-bond donors (Lipinski definition) is 1. The second-order valence-corrected chi connectivity index (χ2v) is 1.23. The summed E-state index contributed by atoms with van der Waals surface area (Å²) in [4.78, 5) is 0. The van der Waals surface area contributed by atoms with Gasteiger partial charge in [0.25, 0.3) is 0 Å². The molecule has 0 aliphatic carbocycles. The van der Waals surface area contributed by atoms with E-state index in [-0.39, 0.29) is 6.61 Å². The number of aliphatic hydroxyl groups excluding tert-OH is 1. The fourth-order valence-electron chi connectivity index (χ4n) is 0.156. The lowest BCUT2D eigenvalue weighted by Gasteiger charge is -1.76. The van der Waals surface area contributed by atoms with Crippen LogP contribution in [0, 0.1) is 6.42 Å². The van der Waals surface area contributed by atoms with Crippen LogP contribution in [0.5, 0.6) is 0 Å². The molecule has 0 saturated carbocycles. The molecule has 1 heteroatoms. The Bertz CT molecular complexity index is 47.9. The zero-order valence-corrected chi connectivity index (χ0v) is 3.94. The molecule has 0 aliphatic heterocycles. The molecule has 0 aliphatic rings. The van der Waals surface area contributed by atoms with Gasteiger partial charge in [0, 0.05) is 6.58 Å². The van der Waals surface area contributed by atoms with Gasteiger partial charge in [-0.1, -0.05) is 0 Å². The summed E-state index contributed by atoms with van der Waals surface area (Å²) in [5.41, 5.74) is 0.914. The Hall–Kier alpha value is -0.430. The summed E-state index contributed by atoms with van der Waals surface area (Å²) in [6.45, 7) is 5.48. The van der Waals surface area contributed by atoms with Gasteiger partial charge in [-0.05, 0) is 6.92 Å². The SMILES string of the molecule is C=C(C)[CH+]CO. The maximum Gasteiger partial charge on any atom is 0.127 e. The average molecular weight is 85.1 g/mol. The third kappa shape index (κ3) is 3.57. The zero-order valence-electron chi connectivity index (χ0n) is 3.94. The number of aliphatic hydroxyl groups is 1. The maximum absolute atomic E-state index is 8.12. The van der Waals surface area contributed by atoms with Crippen LogP contribution in [0.1, 0.15) is 6.92 Å². The highest BCUT2D eigenvalue weighted by Crippen LogP contribution is 1.88. The van der Waals surface area contributed by atoms with Crippen molar-refractivity contribution in [3.05, 3.63) is 18.6 Å². The standard InChI is InChI=1S/C5H9O/c1-5(2)3-4-6/h3,6H,1,4H2,2H3/q+1. The van der Waals surface area contributed by atoms with E-state index in [0.717, 1.165) is 5.57 Å². The summed E-state index contributed by atoms with van der Waals surface area (Å²) < 4.78 is 0. The molecule has 0 saturated heterocycles. The molecule has 0 atom stereocenters. The van der Waals surface area contributed by atoms with Gasteiger partial charge in [0.15, 0.2) is 0 Å². The Kier molecular flexibility index (Phi) is 2.59. The zero-order chi connectivity index (χ0) is 4.99. The quantitative estimate of drug-likeness (QED) is 0.491. The van der Waals surface area contributed by atoms with Crippen molar-refractivity contribution in [3.8, 4) is 0 Å². The van der Waals surface area contributed by atoms with Crippen molar-refractivity contribution < 1.29 is 5.11 Å². The Morgan fingerprint density at radius 1 is 2.00 bits per heavy atom. The Morgan fingerprint density at radius 3 is 2.50 bits per heavy atom. The lowest BCUT2D eigenvalue weighted by molar-refractivity contribution is 0.331. The summed E-state index contributed by atoms with van der Waals surface area (Å²) >= 11 is 0. The van der Waals surface area contributed by atoms with E-state index >= 15 is 0 Å². The molecule has 0 unspecified atom stereocenters. The van der Waals surface area contributed by atoms with Crippen molar-refractivity contribution in [2.24, 2.45) is 0 Å². The fraction of sp³-hybridized carbons (Fsp3) is 0.400. The van der Waals surface area contributed by atoms with Gasteiger partial charge in [0.1, 0.15) is 6.61 Å². The van der Waals surface area contributed by atoms with Gasteiger partial charge in [-0.3, -0.25) is 0 Å². The molecule has 0 rings (SSSR count). The van der Waals surface area contributed by atoms with E-state index in [9.17, 15) is 0 Å². The molecule has 0 radical (unpaired) electrons. The highest BCUT2D eigenvalue weighted by Gasteiger charge is 1.87. The molecule has 1 nitrogen and oxygen atoms in total. The minimum Gasteiger partial charge on any atom is -0.373 e. The summed E-state index contributed by atoms with van der Waals surface area (Å²) in [5.74, 6) is 0. The van der Waals surface area contributed by atoms with E-state index in [2.05, 4.69) is 6.58 Å². The van der Waals surface area contributed by atoms with Gasteiger partial charge in [-0.15, -0.1) is 0 Å². The molecule has 0 aromatic heterocycles. The molecule has 0 fully saturated rings. The van der Waals surface area contributed by atoms with Crippen LogP contribution in [0.25, 0.3) is 0 Å². The van der Waals surface area contributed by atoms with E-state index in [0.29, 0.717) is 0 Å². The van der Waals surface area contributed by atoms with Gasteiger partial charge in [-0.25, -0.2) is 0 Å². The van der Waals surface area contributed by atoms with Crippen LogP contribution in [0.2, 0.25) is 0 Å². The Labute approximate surface area is 38.3 Å². The molecule has 0 bridgehead atoms. The first kappa shape index (κ1) is 5.57. The molecule has 0 heterocycles. The number of rotatable bonds is 2. The largest absolute Gasteiger partial charge is 0.373 e. The third-order valence-corrected chi connectivity index (χ3v) is 0.440. The molecule has 0 amide bonds. The smallest absolute Gasteiger partial charge is 0.127 e.